The zero-order valence-corrected chi connectivity index (χ0v) is 13.2. The van der Waals surface area contributed by atoms with Crippen LogP contribution < -0.4 is 10.5 Å². The zero-order chi connectivity index (χ0) is 13.8. The predicted octanol–water partition coefficient (Wildman–Crippen LogP) is 4.64. The summed E-state index contributed by atoms with van der Waals surface area (Å²) in [5.41, 5.74) is 6.29. The minimum Gasteiger partial charge on any atom is -0.456 e. The first-order valence-electron chi connectivity index (χ1n) is 5.71. The van der Waals surface area contributed by atoms with E-state index in [9.17, 15) is 4.39 Å². The van der Waals surface area contributed by atoms with E-state index < -0.39 is 0 Å². The van der Waals surface area contributed by atoms with Gasteiger partial charge in [0.25, 0.3) is 0 Å². The van der Waals surface area contributed by atoms with Crippen LogP contribution in [0.2, 0.25) is 0 Å². The van der Waals surface area contributed by atoms with E-state index >= 15 is 0 Å². The average molecular weight is 389 g/mol. The van der Waals surface area contributed by atoms with Crippen LogP contribution in [0.1, 0.15) is 5.56 Å². The Bertz CT molecular complexity index is 590. The normalized spacial score (nSPS) is 10.5. The molecule has 19 heavy (non-hydrogen) atoms. The lowest BCUT2D eigenvalue weighted by atomic mass is 10.1. The van der Waals surface area contributed by atoms with Gasteiger partial charge in [-0.3, -0.25) is 0 Å². The van der Waals surface area contributed by atoms with Crippen molar-refractivity contribution in [1.29, 1.82) is 0 Å². The molecule has 2 aromatic carbocycles. The maximum Gasteiger partial charge on any atom is 0.141 e. The summed E-state index contributed by atoms with van der Waals surface area (Å²) in [5.74, 6) is 1.01. The van der Waals surface area contributed by atoms with Crippen LogP contribution in [0.5, 0.6) is 11.5 Å². The van der Waals surface area contributed by atoms with Crippen molar-refractivity contribution >= 4 is 31.9 Å². The largest absolute Gasteiger partial charge is 0.456 e. The molecule has 0 saturated heterocycles. The summed E-state index contributed by atoms with van der Waals surface area (Å²) >= 11 is 6.81. The van der Waals surface area contributed by atoms with Gasteiger partial charge in [0, 0.05) is 4.47 Å². The Morgan fingerprint density at radius 2 is 1.79 bits per heavy atom. The van der Waals surface area contributed by atoms with E-state index in [1.54, 1.807) is 6.07 Å². The molecule has 5 heteroatoms. The van der Waals surface area contributed by atoms with E-state index in [2.05, 4.69) is 31.9 Å². The molecule has 0 heterocycles. The molecule has 0 atom stereocenters. The van der Waals surface area contributed by atoms with E-state index in [0.29, 0.717) is 24.5 Å². The molecular weight excluding hydrogens is 377 g/mol. The van der Waals surface area contributed by atoms with Crippen LogP contribution in [-0.4, -0.2) is 6.54 Å². The summed E-state index contributed by atoms with van der Waals surface area (Å²) in [6, 6.07) is 10.1. The minimum atomic E-state index is -0.286. The molecule has 0 unspecified atom stereocenters. The van der Waals surface area contributed by atoms with Crippen LogP contribution in [0.25, 0.3) is 0 Å². The van der Waals surface area contributed by atoms with Crippen molar-refractivity contribution in [2.24, 2.45) is 5.73 Å². The van der Waals surface area contributed by atoms with E-state index in [1.807, 2.05) is 18.2 Å². The van der Waals surface area contributed by atoms with Gasteiger partial charge in [-0.05, 0) is 70.9 Å². The molecule has 2 aromatic rings. The second-order valence-corrected chi connectivity index (χ2v) is 5.74. The van der Waals surface area contributed by atoms with Crippen LogP contribution in [0.15, 0.2) is 45.3 Å². The Kier molecular flexibility index (Phi) is 4.96. The monoisotopic (exact) mass is 387 g/mol. The number of benzene rings is 2. The summed E-state index contributed by atoms with van der Waals surface area (Å²) in [6.45, 7) is 0.446. The maximum atomic E-state index is 13.2. The lowest BCUT2D eigenvalue weighted by molar-refractivity contribution is 0.470. The number of rotatable bonds is 4. The van der Waals surface area contributed by atoms with Crippen molar-refractivity contribution in [3.63, 3.8) is 0 Å². The van der Waals surface area contributed by atoms with Crippen LogP contribution in [0.4, 0.5) is 4.39 Å². The summed E-state index contributed by atoms with van der Waals surface area (Å²) in [7, 11) is 0. The van der Waals surface area contributed by atoms with Gasteiger partial charge in [0.05, 0.1) is 4.47 Å². The topological polar surface area (TPSA) is 35.2 Å². The third-order valence-corrected chi connectivity index (χ3v) is 3.66. The second-order valence-electron chi connectivity index (χ2n) is 3.97. The zero-order valence-electron chi connectivity index (χ0n) is 10.00. The molecule has 0 bridgehead atoms. The van der Waals surface area contributed by atoms with Crippen molar-refractivity contribution in [3.05, 3.63) is 56.7 Å². The molecule has 0 spiro atoms. The Labute approximate surface area is 128 Å². The lowest BCUT2D eigenvalue weighted by Gasteiger charge is -2.12. The van der Waals surface area contributed by atoms with Crippen molar-refractivity contribution in [2.75, 3.05) is 6.54 Å². The summed E-state index contributed by atoms with van der Waals surface area (Å²) in [6.07, 6.45) is 0.571. The molecule has 2 rings (SSSR count). The van der Waals surface area contributed by atoms with Gasteiger partial charge in [0.15, 0.2) is 0 Å². The number of hydrogen-bond donors (Lipinski definition) is 1. The van der Waals surface area contributed by atoms with Crippen LogP contribution >= 0.6 is 31.9 Å². The fourth-order valence-electron chi connectivity index (χ4n) is 1.67. The van der Waals surface area contributed by atoms with Crippen LogP contribution in [-0.2, 0) is 6.42 Å². The molecule has 0 aliphatic heterocycles. The molecule has 0 aliphatic rings. The van der Waals surface area contributed by atoms with Crippen molar-refractivity contribution < 1.29 is 9.13 Å². The molecule has 100 valence electrons. The van der Waals surface area contributed by atoms with Gasteiger partial charge in [-0.2, -0.15) is 0 Å². The van der Waals surface area contributed by atoms with Gasteiger partial charge in [0.2, 0.25) is 0 Å². The molecule has 0 fully saturated rings. The number of halogens is 3. The van der Waals surface area contributed by atoms with E-state index in [1.165, 1.54) is 12.1 Å². The van der Waals surface area contributed by atoms with Gasteiger partial charge in [0.1, 0.15) is 17.3 Å². The number of ether oxygens (including phenoxy) is 1. The Hall–Kier alpha value is -0.910. The van der Waals surface area contributed by atoms with Crippen molar-refractivity contribution in [2.45, 2.75) is 6.42 Å². The number of nitrogens with two attached hydrogens (primary N) is 1. The molecule has 0 aromatic heterocycles. The van der Waals surface area contributed by atoms with Crippen molar-refractivity contribution in [1.82, 2.24) is 0 Å². The molecule has 2 nitrogen and oxygen atoms in total. The third kappa shape index (κ3) is 3.78. The highest BCUT2D eigenvalue weighted by Crippen LogP contribution is 2.33. The van der Waals surface area contributed by atoms with Crippen LogP contribution in [0, 0.1) is 5.82 Å². The quantitative estimate of drug-likeness (QED) is 0.827. The summed E-state index contributed by atoms with van der Waals surface area (Å²) < 4.78 is 20.8. The van der Waals surface area contributed by atoms with E-state index in [4.69, 9.17) is 10.5 Å². The molecule has 2 N–H and O–H groups in total. The third-order valence-electron chi connectivity index (χ3n) is 2.55. The molecule has 0 aliphatic carbocycles. The Morgan fingerprint density at radius 1 is 1.05 bits per heavy atom. The predicted molar refractivity (Wildman–Crippen MR) is 81.1 cm³/mol. The standard InChI is InChI=1S/C14H12Br2FNO/c15-10-1-3-14(12(16)8-10)19-13-4-2-11(17)7-9(13)5-6-18/h1-4,7-8H,5-6,18H2. The van der Waals surface area contributed by atoms with E-state index in [-0.39, 0.29) is 5.82 Å². The Balaban J connectivity index is 2.32. The van der Waals surface area contributed by atoms with Crippen molar-refractivity contribution in [3.8, 4) is 11.5 Å². The fourth-order valence-corrected chi connectivity index (χ4v) is 2.80. The average Bonchev–Trinajstić information content (AvgIpc) is 2.36. The van der Waals surface area contributed by atoms with E-state index in [0.717, 1.165) is 14.5 Å². The lowest BCUT2D eigenvalue weighted by Crippen LogP contribution is -2.04. The highest BCUT2D eigenvalue weighted by molar-refractivity contribution is 9.11. The SMILES string of the molecule is NCCc1cc(F)ccc1Oc1ccc(Br)cc1Br. The second kappa shape index (κ2) is 6.50. The van der Waals surface area contributed by atoms with Gasteiger partial charge in [-0.25, -0.2) is 4.39 Å². The fraction of sp³-hybridized carbons (Fsp3) is 0.143. The Morgan fingerprint density at radius 3 is 2.47 bits per heavy atom. The minimum absolute atomic E-state index is 0.286. The van der Waals surface area contributed by atoms with Crippen LogP contribution in [0.3, 0.4) is 0 Å². The smallest absolute Gasteiger partial charge is 0.141 e. The maximum absolute atomic E-state index is 13.2. The molecule has 0 amide bonds. The summed E-state index contributed by atoms with van der Waals surface area (Å²) in [5, 5.41) is 0. The first kappa shape index (κ1) is 14.5. The van der Waals surface area contributed by atoms with Gasteiger partial charge >= 0.3 is 0 Å². The molecule has 0 saturated carbocycles. The number of hydrogen-bond acceptors (Lipinski definition) is 2. The van der Waals surface area contributed by atoms with Gasteiger partial charge in [-0.15, -0.1) is 0 Å². The first-order chi connectivity index (χ1) is 9.10. The molecular formula is C14H12Br2FNO. The van der Waals surface area contributed by atoms with Gasteiger partial charge < -0.3 is 10.5 Å². The molecule has 0 radical (unpaired) electrons. The highest BCUT2D eigenvalue weighted by atomic mass is 79.9. The summed E-state index contributed by atoms with van der Waals surface area (Å²) in [4.78, 5) is 0. The van der Waals surface area contributed by atoms with Gasteiger partial charge in [-0.1, -0.05) is 15.9 Å². The first-order valence-corrected chi connectivity index (χ1v) is 7.30. The highest BCUT2D eigenvalue weighted by Gasteiger charge is 2.08.